The summed E-state index contributed by atoms with van der Waals surface area (Å²) in [6.07, 6.45) is 3.87. The molecule has 3 rings (SSSR count). The lowest BCUT2D eigenvalue weighted by Crippen LogP contribution is -1.81. The Hall–Kier alpha value is -2.33. The van der Waals surface area contributed by atoms with Crippen molar-refractivity contribution in [2.75, 3.05) is 7.11 Å². The average molecular weight is 286 g/mol. The van der Waals surface area contributed by atoms with Crippen LogP contribution < -0.4 is 4.74 Å². The van der Waals surface area contributed by atoms with Gasteiger partial charge in [-0.3, -0.25) is 0 Å². The third kappa shape index (κ3) is 2.65. The van der Waals surface area contributed by atoms with Crippen LogP contribution in [-0.4, -0.2) is 22.1 Å². The molecule has 0 spiro atoms. The van der Waals surface area contributed by atoms with Gasteiger partial charge in [-0.2, -0.15) is 0 Å². The maximum atomic E-state index is 5.83. The Morgan fingerprint density at radius 2 is 1.85 bits per heavy atom. The third-order valence-corrected chi connectivity index (χ3v) is 3.09. The first-order chi connectivity index (χ1) is 9.74. The van der Waals surface area contributed by atoms with Crippen molar-refractivity contribution in [2.24, 2.45) is 0 Å². The highest BCUT2D eigenvalue weighted by Gasteiger charge is 2.01. The van der Waals surface area contributed by atoms with Gasteiger partial charge in [-0.05, 0) is 35.9 Å². The van der Waals surface area contributed by atoms with Crippen LogP contribution in [0, 0.1) is 0 Å². The summed E-state index contributed by atoms with van der Waals surface area (Å²) in [5.41, 5.74) is 2.55. The predicted octanol–water partition coefficient (Wildman–Crippen LogP) is 3.79. The van der Waals surface area contributed by atoms with E-state index < -0.39 is 0 Å². The van der Waals surface area contributed by atoms with Crippen LogP contribution in [0.4, 0.5) is 0 Å². The molecule has 20 heavy (non-hydrogen) atoms. The van der Waals surface area contributed by atoms with Crippen LogP contribution in [0.15, 0.2) is 36.4 Å². The molecule has 0 aliphatic heterocycles. The predicted molar refractivity (Wildman–Crippen MR) is 80.8 cm³/mol. The Morgan fingerprint density at radius 1 is 1.05 bits per heavy atom. The van der Waals surface area contributed by atoms with Crippen molar-refractivity contribution < 1.29 is 4.74 Å². The van der Waals surface area contributed by atoms with E-state index >= 15 is 0 Å². The van der Waals surface area contributed by atoms with Gasteiger partial charge in [0.05, 0.1) is 12.6 Å². The summed E-state index contributed by atoms with van der Waals surface area (Å²) in [5, 5.41) is 0.440. The Morgan fingerprint density at radius 3 is 2.60 bits per heavy atom. The van der Waals surface area contributed by atoms with Crippen LogP contribution in [0.2, 0.25) is 5.15 Å². The van der Waals surface area contributed by atoms with E-state index in [-0.39, 0.29) is 0 Å². The molecule has 0 fully saturated rings. The maximum Gasteiger partial charge on any atom is 0.179 e. The molecule has 4 nitrogen and oxygen atoms in total. The molecule has 0 saturated heterocycles. The number of hydrogen-bond donors (Lipinski definition) is 1. The molecule has 0 unspecified atom stereocenters. The van der Waals surface area contributed by atoms with Crippen molar-refractivity contribution in [1.29, 1.82) is 0 Å². The van der Waals surface area contributed by atoms with Gasteiger partial charge >= 0.3 is 0 Å². The minimum absolute atomic E-state index is 0.440. The maximum absolute atomic E-state index is 5.83. The normalized spacial score (nSPS) is 11.3. The Bertz CT molecular complexity index is 762. The molecule has 0 saturated carbocycles. The zero-order valence-electron chi connectivity index (χ0n) is 10.8. The summed E-state index contributed by atoms with van der Waals surface area (Å²) < 4.78 is 5.12. The number of fused-ring (bicyclic) bond motifs is 1. The van der Waals surface area contributed by atoms with Crippen LogP contribution in [0.3, 0.4) is 0 Å². The molecule has 0 aliphatic carbocycles. The van der Waals surface area contributed by atoms with E-state index in [1.165, 1.54) is 0 Å². The van der Waals surface area contributed by atoms with Gasteiger partial charge in [0.1, 0.15) is 16.7 Å². The van der Waals surface area contributed by atoms with Crippen molar-refractivity contribution in [2.45, 2.75) is 0 Å². The number of benzene rings is 1. The lowest BCUT2D eigenvalue weighted by molar-refractivity contribution is 0.415. The van der Waals surface area contributed by atoms with E-state index in [9.17, 15) is 0 Å². The Labute approximate surface area is 121 Å². The van der Waals surface area contributed by atoms with Gasteiger partial charge in [-0.15, -0.1) is 0 Å². The molecule has 0 aliphatic rings. The number of nitrogens with one attached hydrogen (secondary N) is 1. The monoisotopic (exact) mass is 285 g/mol. The second kappa shape index (κ2) is 5.35. The number of aromatic amines is 1. The zero-order valence-corrected chi connectivity index (χ0v) is 11.6. The van der Waals surface area contributed by atoms with Crippen LogP contribution in [0.5, 0.6) is 5.75 Å². The summed E-state index contributed by atoms with van der Waals surface area (Å²) >= 11 is 5.83. The first kappa shape index (κ1) is 12.7. The minimum Gasteiger partial charge on any atom is -0.497 e. The van der Waals surface area contributed by atoms with Crippen molar-refractivity contribution in [1.82, 2.24) is 15.0 Å². The van der Waals surface area contributed by atoms with Gasteiger partial charge in [-0.25, -0.2) is 9.97 Å². The van der Waals surface area contributed by atoms with Gasteiger partial charge in [0.15, 0.2) is 5.65 Å². The highest BCUT2D eigenvalue weighted by molar-refractivity contribution is 6.29. The largest absolute Gasteiger partial charge is 0.497 e. The van der Waals surface area contributed by atoms with Crippen molar-refractivity contribution >= 4 is 34.9 Å². The summed E-state index contributed by atoms with van der Waals surface area (Å²) in [6.45, 7) is 0. The van der Waals surface area contributed by atoms with Gasteiger partial charge in [0.25, 0.3) is 0 Å². The van der Waals surface area contributed by atoms with Gasteiger partial charge in [0, 0.05) is 0 Å². The minimum atomic E-state index is 0.440. The van der Waals surface area contributed by atoms with Crippen LogP contribution in [-0.2, 0) is 0 Å². The smallest absolute Gasteiger partial charge is 0.179 e. The second-order valence-corrected chi connectivity index (χ2v) is 4.62. The molecule has 0 bridgehead atoms. The molecular weight excluding hydrogens is 274 g/mol. The van der Waals surface area contributed by atoms with Gasteiger partial charge < -0.3 is 9.72 Å². The van der Waals surface area contributed by atoms with E-state index in [0.29, 0.717) is 10.8 Å². The van der Waals surface area contributed by atoms with E-state index in [1.54, 1.807) is 13.2 Å². The van der Waals surface area contributed by atoms with Crippen LogP contribution in [0.1, 0.15) is 11.4 Å². The molecule has 100 valence electrons. The molecule has 5 heteroatoms. The molecule has 3 aromatic rings. The molecule has 2 aromatic heterocycles. The van der Waals surface area contributed by atoms with Crippen LogP contribution in [0.25, 0.3) is 23.3 Å². The fourth-order valence-electron chi connectivity index (χ4n) is 1.86. The number of imidazole rings is 1. The van der Waals surface area contributed by atoms with Crippen molar-refractivity contribution in [3.8, 4) is 5.75 Å². The number of aromatic nitrogens is 3. The highest BCUT2D eigenvalue weighted by Crippen LogP contribution is 2.16. The topological polar surface area (TPSA) is 50.8 Å². The lowest BCUT2D eigenvalue weighted by Gasteiger charge is -1.98. The molecular formula is C15H12ClN3O. The van der Waals surface area contributed by atoms with Crippen molar-refractivity contribution in [3.63, 3.8) is 0 Å². The average Bonchev–Trinajstić information content (AvgIpc) is 2.87. The lowest BCUT2D eigenvalue weighted by atomic mass is 10.2. The van der Waals surface area contributed by atoms with E-state index in [1.807, 2.05) is 42.5 Å². The van der Waals surface area contributed by atoms with E-state index in [2.05, 4.69) is 15.0 Å². The molecule has 2 heterocycles. The number of hydrogen-bond acceptors (Lipinski definition) is 3. The number of ether oxygens (including phenoxy) is 1. The molecule has 0 atom stereocenters. The van der Waals surface area contributed by atoms with Gasteiger partial charge in [-0.1, -0.05) is 29.8 Å². The number of pyridine rings is 1. The molecule has 1 aromatic carbocycles. The van der Waals surface area contributed by atoms with Crippen LogP contribution >= 0.6 is 11.6 Å². The standard InChI is InChI=1S/C15H12ClN3O/c1-20-11-5-2-10(3-6-11)4-9-14-17-12-7-8-13(16)18-15(12)19-14/h2-9H,1H3,(H,17,18,19)/b9-4+. The number of halogens is 1. The summed E-state index contributed by atoms with van der Waals surface area (Å²) in [6, 6.07) is 11.4. The SMILES string of the molecule is COc1ccc(/C=C/c2nc3nc(Cl)ccc3[nH]2)cc1. The molecule has 0 radical (unpaired) electrons. The molecule has 1 N–H and O–H groups in total. The Kier molecular flexibility index (Phi) is 3.39. The van der Waals surface area contributed by atoms with E-state index in [4.69, 9.17) is 16.3 Å². The first-order valence-electron chi connectivity index (χ1n) is 6.09. The quantitative estimate of drug-likeness (QED) is 0.745. The third-order valence-electron chi connectivity index (χ3n) is 2.88. The van der Waals surface area contributed by atoms with Crippen molar-refractivity contribution in [3.05, 3.63) is 52.9 Å². The number of methoxy groups -OCH3 is 1. The Balaban J connectivity index is 1.85. The van der Waals surface area contributed by atoms with Gasteiger partial charge in [0.2, 0.25) is 0 Å². The number of rotatable bonds is 3. The number of H-pyrrole nitrogens is 1. The fraction of sp³-hybridized carbons (Fsp3) is 0.0667. The van der Waals surface area contributed by atoms with E-state index in [0.717, 1.165) is 22.7 Å². The number of nitrogens with zero attached hydrogens (tertiary/aromatic N) is 2. The highest BCUT2D eigenvalue weighted by atomic mass is 35.5. The second-order valence-electron chi connectivity index (χ2n) is 4.23. The first-order valence-corrected chi connectivity index (χ1v) is 6.47. The zero-order chi connectivity index (χ0) is 13.9. The summed E-state index contributed by atoms with van der Waals surface area (Å²) in [4.78, 5) is 11.7. The fourth-order valence-corrected chi connectivity index (χ4v) is 2.00. The summed E-state index contributed by atoms with van der Waals surface area (Å²) in [5.74, 6) is 1.58. The molecule has 0 amide bonds. The summed E-state index contributed by atoms with van der Waals surface area (Å²) in [7, 11) is 1.65.